The van der Waals surface area contributed by atoms with Gasteiger partial charge in [0.15, 0.2) is 5.78 Å². The van der Waals surface area contributed by atoms with Gasteiger partial charge in [-0.1, -0.05) is 47.0 Å². The first kappa shape index (κ1) is 14.8. The van der Waals surface area contributed by atoms with Crippen LogP contribution in [-0.2, 0) is 6.54 Å². The lowest BCUT2D eigenvalue weighted by Crippen LogP contribution is -2.27. The fourth-order valence-corrected chi connectivity index (χ4v) is 2.18. The van der Waals surface area contributed by atoms with Crippen molar-refractivity contribution in [2.45, 2.75) is 20.4 Å². The van der Waals surface area contributed by atoms with Crippen LogP contribution in [-0.4, -0.2) is 15.6 Å². The fraction of sp³-hybridized carbons (Fsp3) is 0.214. The van der Waals surface area contributed by atoms with Crippen molar-refractivity contribution in [3.8, 4) is 0 Å². The topological polar surface area (TPSA) is 52.0 Å². The molecule has 0 N–H and O–H groups in total. The molecule has 104 valence electrons. The van der Waals surface area contributed by atoms with Crippen LogP contribution >= 0.6 is 23.2 Å². The van der Waals surface area contributed by atoms with Gasteiger partial charge in [-0.25, -0.2) is 4.68 Å². The van der Waals surface area contributed by atoms with Crippen molar-refractivity contribution in [1.82, 2.24) is 9.78 Å². The number of halogens is 2. The molecule has 0 fully saturated rings. The Morgan fingerprint density at radius 3 is 2.65 bits per heavy atom. The Bertz CT molecular complexity index is 738. The maximum absolute atomic E-state index is 12.2. The van der Waals surface area contributed by atoms with Crippen molar-refractivity contribution in [2.24, 2.45) is 0 Å². The zero-order valence-corrected chi connectivity index (χ0v) is 12.5. The second-order valence-electron chi connectivity index (χ2n) is 4.51. The first-order valence-corrected chi connectivity index (χ1v) is 6.67. The van der Waals surface area contributed by atoms with Crippen molar-refractivity contribution < 1.29 is 4.79 Å². The summed E-state index contributed by atoms with van der Waals surface area (Å²) in [6.45, 7) is 3.64. The number of ketones is 1. The molecule has 1 heterocycles. The van der Waals surface area contributed by atoms with Gasteiger partial charge in [-0.15, -0.1) is 0 Å². The van der Waals surface area contributed by atoms with Gasteiger partial charge in [0.2, 0.25) is 0 Å². The van der Waals surface area contributed by atoms with Crippen molar-refractivity contribution in [3.05, 3.63) is 61.5 Å². The second kappa shape index (κ2) is 5.77. The summed E-state index contributed by atoms with van der Waals surface area (Å²) in [6, 6.07) is 5.51. The lowest BCUT2D eigenvalue weighted by molar-refractivity contribution is 0.0965. The van der Waals surface area contributed by atoms with Gasteiger partial charge >= 0.3 is 0 Å². The molecule has 2 rings (SSSR count). The third kappa shape index (κ3) is 2.92. The molecule has 0 saturated carbocycles. The largest absolute Gasteiger partial charge is 0.292 e. The van der Waals surface area contributed by atoms with Gasteiger partial charge in [0, 0.05) is 5.56 Å². The van der Waals surface area contributed by atoms with Gasteiger partial charge in [-0.3, -0.25) is 9.59 Å². The van der Waals surface area contributed by atoms with E-state index in [-0.39, 0.29) is 22.4 Å². The average molecular weight is 311 g/mol. The molecule has 0 aliphatic carbocycles. The lowest BCUT2D eigenvalue weighted by atomic mass is 10.0. The van der Waals surface area contributed by atoms with Gasteiger partial charge in [0.05, 0.1) is 11.2 Å². The Balaban J connectivity index is 2.33. The average Bonchev–Trinajstić information content (AvgIpc) is 2.39. The highest BCUT2D eigenvalue weighted by Gasteiger charge is 2.14. The van der Waals surface area contributed by atoms with Gasteiger partial charge in [-0.05, 0) is 19.4 Å². The molecule has 0 bridgehead atoms. The van der Waals surface area contributed by atoms with Crippen LogP contribution in [0.3, 0.4) is 0 Å². The highest BCUT2D eigenvalue weighted by atomic mass is 35.5. The Kier molecular flexibility index (Phi) is 4.26. The predicted molar refractivity (Wildman–Crippen MR) is 78.8 cm³/mol. The monoisotopic (exact) mass is 310 g/mol. The van der Waals surface area contributed by atoms with E-state index in [1.165, 1.54) is 6.20 Å². The van der Waals surface area contributed by atoms with Crippen LogP contribution in [0.2, 0.25) is 10.0 Å². The molecule has 6 heteroatoms. The van der Waals surface area contributed by atoms with E-state index in [0.717, 1.165) is 15.8 Å². The molecule has 2 aromatic rings. The van der Waals surface area contributed by atoms with Gasteiger partial charge in [-0.2, -0.15) is 5.10 Å². The predicted octanol–water partition coefficient (Wildman–Crippen LogP) is 3.05. The molecule has 4 nitrogen and oxygen atoms in total. The van der Waals surface area contributed by atoms with Crippen LogP contribution in [0.5, 0.6) is 0 Å². The Hall–Kier alpha value is -1.65. The fourth-order valence-electron chi connectivity index (χ4n) is 1.91. The number of aryl methyl sites for hydroxylation is 2. The summed E-state index contributed by atoms with van der Waals surface area (Å²) in [7, 11) is 0. The van der Waals surface area contributed by atoms with Crippen LogP contribution < -0.4 is 5.56 Å². The van der Waals surface area contributed by atoms with E-state index in [9.17, 15) is 9.59 Å². The maximum atomic E-state index is 12.2. The highest BCUT2D eigenvalue weighted by molar-refractivity contribution is 6.41. The SMILES string of the molecule is Cc1ccc(C(=O)Cn2ncc(Cl)c(Cl)c2=O)c(C)c1. The van der Waals surface area contributed by atoms with E-state index in [0.29, 0.717) is 5.56 Å². The van der Waals surface area contributed by atoms with Gasteiger partial charge in [0.25, 0.3) is 5.56 Å². The van der Waals surface area contributed by atoms with E-state index >= 15 is 0 Å². The number of nitrogens with zero attached hydrogens (tertiary/aromatic N) is 2. The zero-order chi connectivity index (χ0) is 14.9. The van der Waals surface area contributed by atoms with E-state index in [1.807, 2.05) is 26.0 Å². The Morgan fingerprint density at radius 2 is 2.00 bits per heavy atom. The number of hydrogen-bond acceptors (Lipinski definition) is 3. The Labute approximate surface area is 125 Å². The van der Waals surface area contributed by atoms with E-state index in [2.05, 4.69) is 5.10 Å². The molecule has 0 spiro atoms. The standard InChI is InChI=1S/C14H12Cl2N2O2/c1-8-3-4-10(9(2)5-8)12(19)7-18-14(20)13(16)11(15)6-17-18/h3-6H,7H2,1-2H3. The number of hydrogen-bond donors (Lipinski definition) is 0. The van der Waals surface area contributed by atoms with Crippen molar-refractivity contribution in [1.29, 1.82) is 0 Å². The summed E-state index contributed by atoms with van der Waals surface area (Å²) in [4.78, 5) is 24.0. The highest BCUT2D eigenvalue weighted by Crippen LogP contribution is 2.15. The summed E-state index contributed by atoms with van der Waals surface area (Å²) in [5, 5.41) is 3.76. The van der Waals surface area contributed by atoms with Crippen LogP contribution in [0.15, 0.2) is 29.2 Å². The molecular weight excluding hydrogens is 299 g/mol. The molecule has 0 aliphatic rings. The minimum absolute atomic E-state index is 0.0758. The minimum Gasteiger partial charge on any atom is -0.292 e. The zero-order valence-electron chi connectivity index (χ0n) is 11.0. The Morgan fingerprint density at radius 1 is 1.30 bits per heavy atom. The first-order chi connectivity index (χ1) is 9.40. The van der Waals surface area contributed by atoms with Crippen molar-refractivity contribution >= 4 is 29.0 Å². The summed E-state index contributed by atoms with van der Waals surface area (Å²) >= 11 is 11.4. The molecule has 20 heavy (non-hydrogen) atoms. The molecular formula is C14H12Cl2N2O2. The van der Waals surface area contributed by atoms with Crippen LogP contribution in [0.25, 0.3) is 0 Å². The number of benzene rings is 1. The number of carbonyl (C=O) groups is 1. The van der Waals surface area contributed by atoms with Crippen LogP contribution in [0, 0.1) is 13.8 Å². The second-order valence-corrected chi connectivity index (χ2v) is 5.30. The number of Topliss-reactive ketones (excluding diaryl/α,β-unsaturated/α-hetero) is 1. The number of aromatic nitrogens is 2. The van der Waals surface area contributed by atoms with E-state index < -0.39 is 5.56 Å². The van der Waals surface area contributed by atoms with Crippen LogP contribution in [0.4, 0.5) is 0 Å². The molecule has 0 amide bonds. The molecule has 0 atom stereocenters. The third-order valence-corrected chi connectivity index (χ3v) is 3.67. The molecule has 1 aromatic heterocycles. The van der Waals surface area contributed by atoms with Gasteiger partial charge in [0.1, 0.15) is 11.6 Å². The quantitative estimate of drug-likeness (QED) is 0.819. The summed E-state index contributed by atoms with van der Waals surface area (Å²) in [5.41, 5.74) is 1.93. The summed E-state index contributed by atoms with van der Waals surface area (Å²) in [5.74, 6) is -0.199. The molecule has 0 radical (unpaired) electrons. The van der Waals surface area contributed by atoms with Crippen molar-refractivity contribution in [3.63, 3.8) is 0 Å². The van der Waals surface area contributed by atoms with Gasteiger partial charge < -0.3 is 0 Å². The summed E-state index contributed by atoms with van der Waals surface area (Å²) < 4.78 is 1.01. The molecule has 0 aliphatic heterocycles. The van der Waals surface area contributed by atoms with E-state index in [1.54, 1.807) is 6.07 Å². The maximum Gasteiger partial charge on any atom is 0.287 e. The normalized spacial score (nSPS) is 10.6. The number of rotatable bonds is 3. The number of carbonyl (C=O) groups excluding carboxylic acids is 1. The summed E-state index contributed by atoms with van der Waals surface area (Å²) in [6.07, 6.45) is 1.25. The van der Waals surface area contributed by atoms with Crippen molar-refractivity contribution in [2.75, 3.05) is 0 Å². The third-order valence-electron chi connectivity index (χ3n) is 2.92. The molecule has 0 saturated heterocycles. The smallest absolute Gasteiger partial charge is 0.287 e. The minimum atomic E-state index is -0.572. The first-order valence-electron chi connectivity index (χ1n) is 5.91. The molecule has 0 unspecified atom stereocenters. The molecule has 1 aromatic carbocycles. The van der Waals surface area contributed by atoms with Crippen LogP contribution in [0.1, 0.15) is 21.5 Å². The lowest BCUT2D eigenvalue weighted by Gasteiger charge is -2.08. The van der Waals surface area contributed by atoms with E-state index in [4.69, 9.17) is 23.2 Å².